The highest BCUT2D eigenvalue weighted by Crippen LogP contribution is 2.28. The molecule has 3 rings (SSSR count). The standard InChI is InChI=1S/C24H37N3O7S/c1-16-13-27(23(28)18-8-10-33-11-9-18)17(2)15-34-21-7-6-19(25-35(5,30)31)12-20(21)24(29)26(3)14-22(16)32-4/h6-7,12,16-18,22,25H,8-11,13-15H2,1-5H3/t16-,17-,22-/m1/s1. The number of likely N-dealkylation sites (N-methyl/N-ethyl adjacent to an activating group) is 1. The SMILES string of the molecule is CO[C@@H]1CN(C)C(=O)c2cc(NS(C)(=O)=O)ccc2OC[C@@H](C)N(C(=O)C2CCOCC2)C[C@H]1C. The molecule has 35 heavy (non-hydrogen) atoms. The number of nitrogens with one attached hydrogen (secondary N) is 1. The number of fused-ring (bicyclic) bond motifs is 1. The quantitative estimate of drug-likeness (QED) is 0.656. The van der Waals surface area contributed by atoms with Crippen molar-refractivity contribution in [3.8, 4) is 5.75 Å². The van der Waals surface area contributed by atoms with Crippen molar-refractivity contribution < 1.29 is 32.2 Å². The Bertz CT molecular complexity index is 1010. The lowest BCUT2D eigenvalue weighted by molar-refractivity contribution is -0.142. The predicted octanol–water partition coefficient (Wildman–Crippen LogP) is 1.82. The first kappa shape index (κ1) is 27.2. The molecule has 0 spiro atoms. The van der Waals surface area contributed by atoms with Crippen LogP contribution in [0.4, 0.5) is 5.69 Å². The van der Waals surface area contributed by atoms with Crippen molar-refractivity contribution >= 4 is 27.5 Å². The third kappa shape index (κ3) is 7.08. The van der Waals surface area contributed by atoms with Gasteiger partial charge in [0.15, 0.2) is 0 Å². The van der Waals surface area contributed by atoms with Crippen LogP contribution in [-0.4, -0.2) is 95.5 Å². The fourth-order valence-corrected chi connectivity index (χ4v) is 5.10. The van der Waals surface area contributed by atoms with Crippen molar-refractivity contribution in [2.24, 2.45) is 11.8 Å². The Morgan fingerprint density at radius 2 is 1.86 bits per heavy atom. The molecule has 0 aliphatic carbocycles. The summed E-state index contributed by atoms with van der Waals surface area (Å²) in [6.07, 6.45) is 2.14. The lowest BCUT2D eigenvalue weighted by atomic mass is 9.95. The number of amides is 2. The maximum Gasteiger partial charge on any atom is 0.257 e. The van der Waals surface area contributed by atoms with E-state index in [2.05, 4.69) is 4.72 Å². The zero-order valence-electron chi connectivity index (χ0n) is 21.2. The summed E-state index contributed by atoms with van der Waals surface area (Å²) in [6.45, 7) is 6.06. The van der Waals surface area contributed by atoms with Gasteiger partial charge < -0.3 is 24.0 Å². The van der Waals surface area contributed by atoms with Gasteiger partial charge in [-0.15, -0.1) is 0 Å². The van der Waals surface area contributed by atoms with E-state index in [1.165, 1.54) is 11.0 Å². The fourth-order valence-electron chi connectivity index (χ4n) is 4.54. The van der Waals surface area contributed by atoms with E-state index in [9.17, 15) is 18.0 Å². The lowest BCUT2D eigenvalue weighted by Gasteiger charge is -2.38. The Morgan fingerprint density at radius 3 is 2.49 bits per heavy atom. The first-order valence-corrected chi connectivity index (χ1v) is 13.8. The number of ether oxygens (including phenoxy) is 3. The Labute approximate surface area is 207 Å². The summed E-state index contributed by atoms with van der Waals surface area (Å²) in [5, 5.41) is 0. The van der Waals surface area contributed by atoms with Crippen molar-refractivity contribution in [2.45, 2.75) is 38.8 Å². The summed E-state index contributed by atoms with van der Waals surface area (Å²) in [6, 6.07) is 4.35. The first-order valence-electron chi connectivity index (χ1n) is 11.9. The summed E-state index contributed by atoms with van der Waals surface area (Å²) in [5.41, 5.74) is 0.503. The highest BCUT2D eigenvalue weighted by Gasteiger charge is 2.33. The molecule has 1 fully saturated rings. The number of methoxy groups -OCH3 is 1. The van der Waals surface area contributed by atoms with Crippen molar-refractivity contribution in [3.05, 3.63) is 23.8 Å². The molecule has 11 heteroatoms. The summed E-state index contributed by atoms with van der Waals surface area (Å²) in [5.74, 6) is -0.0313. The maximum absolute atomic E-state index is 13.5. The van der Waals surface area contributed by atoms with Gasteiger partial charge in [0.05, 0.1) is 24.0 Å². The number of nitrogens with zero attached hydrogens (tertiary/aromatic N) is 2. The normalized spacial score (nSPS) is 25.2. The molecule has 1 saturated heterocycles. The number of benzene rings is 1. The summed E-state index contributed by atoms with van der Waals surface area (Å²) in [7, 11) is -0.251. The van der Waals surface area contributed by atoms with Crippen LogP contribution in [-0.2, 0) is 24.3 Å². The molecule has 2 aliphatic rings. The Kier molecular flexibility index (Phi) is 9.00. The van der Waals surface area contributed by atoms with Gasteiger partial charge in [-0.25, -0.2) is 8.42 Å². The number of carbonyl (C=O) groups excluding carboxylic acids is 2. The van der Waals surface area contributed by atoms with Crippen LogP contribution < -0.4 is 9.46 Å². The molecular weight excluding hydrogens is 474 g/mol. The molecule has 0 aromatic heterocycles. The second-order valence-electron chi connectivity index (χ2n) is 9.56. The van der Waals surface area contributed by atoms with E-state index in [0.717, 1.165) is 6.26 Å². The van der Waals surface area contributed by atoms with Gasteiger partial charge in [-0.3, -0.25) is 14.3 Å². The van der Waals surface area contributed by atoms with Crippen LogP contribution in [0.25, 0.3) is 0 Å². The molecule has 2 amide bonds. The number of hydrogen-bond acceptors (Lipinski definition) is 7. The predicted molar refractivity (Wildman–Crippen MR) is 132 cm³/mol. The molecule has 1 aromatic carbocycles. The molecule has 196 valence electrons. The van der Waals surface area contributed by atoms with Crippen LogP contribution in [0.1, 0.15) is 37.0 Å². The van der Waals surface area contributed by atoms with Crippen LogP contribution in [0, 0.1) is 11.8 Å². The second kappa shape index (κ2) is 11.6. The monoisotopic (exact) mass is 511 g/mol. The zero-order valence-corrected chi connectivity index (χ0v) is 22.0. The van der Waals surface area contributed by atoms with Gasteiger partial charge in [-0.1, -0.05) is 6.92 Å². The van der Waals surface area contributed by atoms with Gasteiger partial charge in [0.2, 0.25) is 15.9 Å². The molecule has 0 unspecified atom stereocenters. The molecular formula is C24H37N3O7S. The topological polar surface area (TPSA) is 114 Å². The van der Waals surface area contributed by atoms with Crippen molar-refractivity contribution in [2.75, 3.05) is 58.0 Å². The number of carbonyl (C=O) groups is 2. The van der Waals surface area contributed by atoms with E-state index < -0.39 is 10.0 Å². The van der Waals surface area contributed by atoms with E-state index in [4.69, 9.17) is 14.2 Å². The Morgan fingerprint density at radius 1 is 1.17 bits per heavy atom. The largest absolute Gasteiger partial charge is 0.491 e. The third-order valence-corrected chi connectivity index (χ3v) is 7.21. The molecule has 1 aromatic rings. The van der Waals surface area contributed by atoms with Crippen LogP contribution in [0.5, 0.6) is 5.75 Å². The Balaban J connectivity index is 1.95. The van der Waals surface area contributed by atoms with E-state index in [-0.39, 0.29) is 53.7 Å². The van der Waals surface area contributed by atoms with E-state index in [1.54, 1.807) is 26.3 Å². The Hall–Kier alpha value is -2.37. The number of sulfonamides is 1. The molecule has 0 saturated carbocycles. The van der Waals surface area contributed by atoms with Crippen molar-refractivity contribution in [3.63, 3.8) is 0 Å². The van der Waals surface area contributed by atoms with Gasteiger partial charge in [-0.05, 0) is 38.0 Å². The van der Waals surface area contributed by atoms with Gasteiger partial charge >= 0.3 is 0 Å². The third-order valence-electron chi connectivity index (χ3n) is 6.60. The highest BCUT2D eigenvalue weighted by atomic mass is 32.2. The molecule has 1 N–H and O–H groups in total. The van der Waals surface area contributed by atoms with Gasteiger partial charge in [0, 0.05) is 58.0 Å². The summed E-state index contributed by atoms with van der Waals surface area (Å²) >= 11 is 0. The average Bonchev–Trinajstić information content (AvgIpc) is 2.82. The molecule has 2 heterocycles. The average molecular weight is 512 g/mol. The molecule has 0 radical (unpaired) electrons. The number of hydrogen-bond donors (Lipinski definition) is 1. The molecule has 0 bridgehead atoms. The number of rotatable bonds is 4. The van der Waals surface area contributed by atoms with Crippen LogP contribution >= 0.6 is 0 Å². The van der Waals surface area contributed by atoms with Crippen LogP contribution in [0.15, 0.2) is 18.2 Å². The molecule has 10 nitrogen and oxygen atoms in total. The van der Waals surface area contributed by atoms with Crippen LogP contribution in [0.3, 0.4) is 0 Å². The number of anilines is 1. The molecule has 2 aliphatic heterocycles. The minimum absolute atomic E-state index is 0.0429. The minimum Gasteiger partial charge on any atom is -0.491 e. The van der Waals surface area contributed by atoms with E-state index in [1.807, 2.05) is 18.7 Å². The van der Waals surface area contributed by atoms with Crippen molar-refractivity contribution in [1.29, 1.82) is 0 Å². The van der Waals surface area contributed by atoms with Gasteiger partial charge in [0.25, 0.3) is 5.91 Å². The highest BCUT2D eigenvalue weighted by molar-refractivity contribution is 7.92. The van der Waals surface area contributed by atoms with E-state index >= 15 is 0 Å². The fraction of sp³-hybridized carbons (Fsp3) is 0.667. The second-order valence-corrected chi connectivity index (χ2v) is 11.3. The van der Waals surface area contributed by atoms with Crippen molar-refractivity contribution in [1.82, 2.24) is 9.80 Å². The molecule has 3 atom stereocenters. The van der Waals surface area contributed by atoms with Gasteiger partial charge in [0.1, 0.15) is 12.4 Å². The smallest absolute Gasteiger partial charge is 0.257 e. The lowest BCUT2D eigenvalue weighted by Crippen LogP contribution is -2.50. The minimum atomic E-state index is -3.52. The zero-order chi connectivity index (χ0) is 25.8. The summed E-state index contributed by atoms with van der Waals surface area (Å²) in [4.78, 5) is 30.2. The maximum atomic E-state index is 13.5. The summed E-state index contributed by atoms with van der Waals surface area (Å²) < 4.78 is 43.1. The van der Waals surface area contributed by atoms with Crippen LogP contribution in [0.2, 0.25) is 0 Å². The van der Waals surface area contributed by atoms with Gasteiger partial charge in [-0.2, -0.15) is 0 Å². The first-order chi connectivity index (χ1) is 16.5. The van der Waals surface area contributed by atoms with E-state index in [0.29, 0.717) is 44.9 Å².